The van der Waals surface area contributed by atoms with Crippen LogP contribution in [-0.2, 0) is 25.4 Å². The second-order valence-corrected chi connectivity index (χ2v) is 7.65. The number of rotatable bonds is 4. The lowest BCUT2D eigenvalue weighted by Crippen LogP contribution is -2.37. The molecule has 0 saturated carbocycles. The standard InChI is InChI=1S/C22H27N5O3/c1-15-4-6-16(7-5-15)14-23-21(28)24-17-12-19-20(26(3)22(29)25(19)2)13-18(17)27-8-10-30-11-9-27/h4-7,12-13H,8-11,14H2,1-3H3,(H2,23,24,28). The molecule has 0 atom stereocenters. The second-order valence-electron chi connectivity index (χ2n) is 7.65. The Morgan fingerprint density at radius 1 is 1.03 bits per heavy atom. The number of fused-ring (bicyclic) bond motifs is 1. The lowest BCUT2D eigenvalue weighted by atomic mass is 10.1. The van der Waals surface area contributed by atoms with Gasteiger partial charge in [0.05, 0.1) is 35.6 Å². The van der Waals surface area contributed by atoms with Gasteiger partial charge >= 0.3 is 11.7 Å². The molecule has 3 aromatic rings. The van der Waals surface area contributed by atoms with Crippen LogP contribution in [0.3, 0.4) is 0 Å². The first-order valence-corrected chi connectivity index (χ1v) is 10.1. The van der Waals surface area contributed by atoms with E-state index in [2.05, 4.69) is 15.5 Å². The molecule has 8 heteroatoms. The lowest BCUT2D eigenvalue weighted by molar-refractivity contribution is 0.123. The zero-order chi connectivity index (χ0) is 21.3. The van der Waals surface area contributed by atoms with Crippen LogP contribution in [0.1, 0.15) is 11.1 Å². The predicted molar refractivity (Wildman–Crippen MR) is 118 cm³/mol. The molecule has 1 aliphatic rings. The van der Waals surface area contributed by atoms with E-state index in [-0.39, 0.29) is 11.7 Å². The van der Waals surface area contributed by atoms with Crippen molar-refractivity contribution < 1.29 is 9.53 Å². The van der Waals surface area contributed by atoms with Gasteiger partial charge in [-0.1, -0.05) is 29.8 Å². The van der Waals surface area contributed by atoms with E-state index >= 15 is 0 Å². The van der Waals surface area contributed by atoms with E-state index in [1.807, 2.05) is 43.3 Å². The van der Waals surface area contributed by atoms with E-state index in [1.165, 1.54) is 5.56 Å². The summed E-state index contributed by atoms with van der Waals surface area (Å²) in [6.45, 7) is 5.18. The molecule has 2 amide bonds. The summed E-state index contributed by atoms with van der Waals surface area (Å²) < 4.78 is 8.69. The minimum absolute atomic E-state index is 0.0982. The van der Waals surface area contributed by atoms with Crippen LogP contribution in [-0.4, -0.2) is 41.5 Å². The maximum Gasteiger partial charge on any atom is 0.328 e. The fourth-order valence-corrected chi connectivity index (χ4v) is 3.75. The van der Waals surface area contributed by atoms with E-state index in [4.69, 9.17) is 4.74 Å². The lowest BCUT2D eigenvalue weighted by Gasteiger charge is -2.30. The normalized spacial score (nSPS) is 14.2. The van der Waals surface area contributed by atoms with Gasteiger partial charge in [-0.3, -0.25) is 9.13 Å². The van der Waals surface area contributed by atoms with Crippen molar-refractivity contribution in [1.82, 2.24) is 14.5 Å². The number of urea groups is 1. The minimum Gasteiger partial charge on any atom is -0.378 e. The molecule has 2 heterocycles. The molecule has 1 saturated heterocycles. The molecule has 0 aliphatic carbocycles. The summed E-state index contributed by atoms with van der Waals surface area (Å²) in [5.41, 5.74) is 5.27. The number of nitrogens with zero attached hydrogens (tertiary/aromatic N) is 3. The van der Waals surface area contributed by atoms with Crippen molar-refractivity contribution in [2.45, 2.75) is 13.5 Å². The van der Waals surface area contributed by atoms with E-state index in [9.17, 15) is 9.59 Å². The zero-order valence-corrected chi connectivity index (χ0v) is 17.6. The molecule has 1 fully saturated rings. The Balaban J connectivity index is 1.62. The molecular weight excluding hydrogens is 382 g/mol. The van der Waals surface area contributed by atoms with Crippen molar-refractivity contribution in [1.29, 1.82) is 0 Å². The van der Waals surface area contributed by atoms with E-state index in [0.29, 0.717) is 25.4 Å². The third kappa shape index (κ3) is 3.91. The Labute approximate surface area is 175 Å². The maximum absolute atomic E-state index is 12.6. The van der Waals surface area contributed by atoms with Gasteiger partial charge in [-0.15, -0.1) is 0 Å². The van der Waals surface area contributed by atoms with Gasteiger partial charge in [0, 0.05) is 33.7 Å². The summed E-state index contributed by atoms with van der Waals surface area (Å²) in [5, 5.41) is 5.89. The van der Waals surface area contributed by atoms with Crippen molar-refractivity contribution in [3.63, 3.8) is 0 Å². The number of morpholine rings is 1. The smallest absolute Gasteiger partial charge is 0.328 e. The number of hydrogen-bond acceptors (Lipinski definition) is 4. The number of nitrogens with one attached hydrogen (secondary N) is 2. The molecule has 2 aromatic carbocycles. The van der Waals surface area contributed by atoms with E-state index in [0.717, 1.165) is 35.4 Å². The first kappa shape index (κ1) is 20.0. The summed E-state index contributed by atoms with van der Waals surface area (Å²) >= 11 is 0. The highest BCUT2D eigenvalue weighted by Crippen LogP contribution is 2.31. The number of carbonyl (C=O) groups excluding carboxylic acids is 1. The predicted octanol–water partition coefficient (Wildman–Crippen LogP) is 2.34. The number of ether oxygens (including phenoxy) is 1. The number of carbonyl (C=O) groups is 1. The van der Waals surface area contributed by atoms with Crippen LogP contribution in [0.4, 0.5) is 16.2 Å². The van der Waals surface area contributed by atoms with Gasteiger partial charge in [0.2, 0.25) is 0 Å². The largest absolute Gasteiger partial charge is 0.378 e. The van der Waals surface area contributed by atoms with Gasteiger partial charge in [-0.05, 0) is 24.6 Å². The van der Waals surface area contributed by atoms with Gasteiger partial charge in [0.25, 0.3) is 0 Å². The molecule has 0 spiro atoms. The highest BCUT2D eigenvalue weighted by molar-refractivity contribution is 5.98. The summed E-state index contributed by atoms with van der Waals surface area (Å²) in [5.74, 6) is 0. The Hall–Kier alpha value is -3.26. The quantitative estimate of drug-likeness (QED) is 0.693. The monoisotopic (exact) mass is 409 g/mol. The average Bonchev–Trinajstić information content (AvgIpc) is 2.97. The number of benzene rings is 2. The number of imidazole rings is 1. The average molecular weight is 409 g/mol. The summed E-state index contributed by atoms with van der Waals surface area (Å²) in [6, 6.07) is 11.6. The zero-order valence-electron chi connectivity index (χ0n) is 17.6. The van der Waals surface area contributed by atoms with Crippen LogP contribution in [0.15, 0.2) is 41.2 Å². The first-order valence-electron chi connectivity index (χ1n) is 10.1. The fraction of sp³-hybridized carbons (Fsp3) is 0.364. The van der Waals surface area contributed by atoms with Gasteiger partial charge in [0.15, 0.2) is 0 Å². The minimum atomic E-state index is -0.287. The molecule has 0 bridgehead atoms. The van der Waals surface area contributed by atoms with Crippen LogP contribution in [0.5, 0.6) is 0 Å². The van der Waals surface area contributed by atoms with Gasteiger partial charge < -0.3 is 20.3 Å². The summed E-state index contributed by atoms with van der Waals surface area (Å²) in [7, 11) is 3.50. The van der Waals surface area contributed by atoms with E-state index in [1.54, 1.807) is 23.2 Å². The number of amides is 2. The number of aromatic nitrogens is 2. The Morgan fingerprint density at radius 2 is 1.67 bits per heavy atom. The molecule has 4 rings (SSSR count). The number of aryl methyl sites for hydroxylation is 3. The highest BCUT2D eigenvalue weighted by atomic mass is 16.5. The SMILES string of the molecule is Cc1ccc(CNC(=O)Nc2cc3c(cc2N2CCOCC2)n(C)c(=O)n3C)cc1. The molecule has 1 aliphatic heterocycles. The fourth-order valence-electron chi connectivity index (χ4n) is 3.75. The third-order valence-electron chi connectivity index (χ3n) is 5.56. The molecule has 158 valence electrons. The second kappa shape index (κ2) is 8.23. The Morgan fingerprint density at radius 3 is 2.33 bits per heavy atom. The van der Waals surface area contributed by atoms with Crippen molar-refractivity contribution >= 4 is 28.4 Å². The molecule has 30 heavy (non-hydrogen) atoms. The van der Waals surface area contributed by atoms with Crippen LogP contribution in [0.2, 0.25) is 0 Å². The van der Waals surface area contributed by atoms with Crippen LogP contribution in [0, 0.1) is 6.92 Å². The molecule has 0 unspecified atom stereocenters. The van der Waals surface area contributed by atoms with Gasteiger partial charge in [-0.2, -0.15) is 0 Å². The van der Waals surface area contributed by atoms with E-state index < -0.39 is 0 Å². The molecule has 0 radical (unpaired) electrons. The van der Waals surface area contributed by atoms with Crippen molar-refractivity contribution in [2.24, 2.45) is 14.1 Å². The van der Waals surface area contributed by atoms with Crippen molar-refractivity contribution in [2.75, 3.05) is 36.5 Å². The Kier molecular flexibility index (Phi) is 5.50. The third-order valence-corrected chi connectivity index (χ3v) is 5.56. The molecular formula is C22H27N5O3. The molecule has 1 aromatic heterocycles. The first-order chi connectivity index (χ1) is 14.4. The van der Waals surface area contributed by atoms with Gasteiger partial charge in [0.1, 0.15) is 0 Å². The Bertz CT molecular complexity index is 1120. The van der Waals surface area contributed by atoms with Crippen LogP contribution in [0.25, 0.3) is 11.0 Å². The van der Waals surface area contributed by atoms with Crippen molar-refractivity contribution in [3.8, 4) is 0 Å². The van der Waals surface area contributed by atoms with Crippen molar-refractivity contribution in [3.05, 3.63) is 58.0 Å². The number of hydrogen-bond donors (Lipinski definition) is 2. The van der Waals surface area contributed by atoms with Crippen LogP contribution < -0.4 is 21.2 Å². The molecule has 2 N–H and O–H groups in total. The molecule has 8 nitrogen and oxygen atoms in total. The topological polar surface area (TPSA) is 80.5 Å². The number of anilines is 2. The van der Waals surface area contributed by atoms with Gasteiger partial charge in [-0.25, -0.2) is 9.59 Å². The summed E-state index contributed by atoms with van der Waals surface area (Å²) in [6.07, 6.45) is 0. The highest BCUT2D eigenvalue weighted by Gasteiger charge is 2.20. The summed E-state index contributed by atoms with van der Waals surface area (Å²) in [4.78, 5) is 27.2. The van der Waals surface area contributed by atoms with Crippen LogP contribution >= 0.6 is 0 Å². The maximum atomic E-state index is 12.6.